The van der Waals surface area contributed by atoms with E-state index >= 15 is 0 Å². The molecule has 9 nitrogen and oxygen atoms in total. The van der Waals surface area contributed by atoms with Gasteiger partial charge in [-0.15, -0.1) is 0 Å². The summed E-state index contributed by atoms with van der Waals surface area (Å²) in [4.78, 5) is 24.6. The number of sulfonamides is 1. The summed E-state index contributed by atoms with van der Waals surface area (Å²) in [5.41, 5.74) is 0. The minimum absolute atomic E-state index is 0.0630. The third-order valence-electron chi connectivity index (χ3n) is 3.53. The van der Waals surface area contributed by atoms with Crippen molar-refractivity contribution in [3.8, 4) is 11.5 Å². The number of nitrogens with one attached hydrogen (secondary N) is 1. The van der Waals surface area contributed by atoms with Gasteiger partial charge in [0.1, 0.15) is 6.54 Å². The minimum atomic E-state index is -3.95. The number of nitrogens with zero attached hydrogens (tertiary/aromatic N) is 1. The molecular formula is C16H22N2O7S. The average molecular weight is 386 g/mol. The van der Waals surface area contributed by atoms with Gasteiger partial charge in [-0.1, -0.05) is 0 Å². The molecule has 1 aromatic carbocycles. The maximum atomic E-state index is 12.3. The highest BCUT2D eigenvalue weighted by molar-refractivity contribution is 7.89. The van der Waals surface area contributed by atoms with Crippen molar-refractivity contribution in [2.75, 3.05) is 33.9 Å². The zero-order valence-electron chi connectivity index (χ0n) is 14.9. The summed E-state index contributed by atoms with van der Waals surface area (Å²) in [6.07, 6.45) is -0.301. The van der Waals surface area contributed by atoms with Gasteiger partial charge in [-0.05, 0) is 19.1 Å². The SMILES string of the molecule is CC(OC(=O)CNS(=O)(=O)c1ccc2c(c1)OCCCO2)C(=O)N(C)C. The molecule has 1 atom stereocenters. The lowest BCUT2D eigenvalue weighted by Gasteiger charge is -2.17. The number of fused-ring (bicyclic) bond motifs is 1. The fraction of sp³-hybridized carbons (Fsp3) is 0.500. The van der Waals surface area contributed by atoms with Crippen LogP contribution >= 0.6 is 0 Å². The van der Waals surface area contributed by atoms with Crippen LogP contribution in [0.4, 0.5) is 0 Å². The van der Waals surface area contributed by atoms with Crippen LogP contribution < -0.4 is 14.2 Å². The summed E-state index contributed by atoms with van der Waals surface area (Å²) in [5, 5.41) is 0. The van der Waals surface area contributed by atoms with Gasteiger partial charge in [-0.3, -0.25) is 9.59 Å². The normalized spacial score (nSPS) is 14.9. The molecule has 2 rings (SSSR count). The fourth-order valence-electron chi connectivity index (χ4n) is 2.20. The van der Waals surface area contributed by atoms with Crippen molar-refractivity contribution in [3.05, 3.63) is 18.2 Å². The number of likely N-dealkylation sites (N-methyl/N-ethyl adjacent to an activating group) is 1. The molecule has 0 radical (unpaired) electrons. The van der Waals surface area contributed by atoms with E-state index in [2.05, 4.69) is 4.72 Å². The number of benzene rings is 1. The third-order valence-corrected chi connectivity index (χ3v) is 4.93. The molecule has 144 valence electrons. The molecule has 1 aliphatic rings. The summed E-state index contributed by atoms with van der Waals surface area (Å²) in [6, 6.07) is 4.21. The Hall–Kier alpha value is -2.33. The summed E-state index contributed by atoms with van der Waals surface area (Å²) in [6.45, 7) is 1.74. The molecule has 1 N–H and O–H groups in total. The number of ether oxygens (including phenoxy) is 3. The summed E-state index contributed by atoms with van der Waals surface area (Å²) < 4.78 is 42.7. The first kappa shape index (κ1) is 20.0. The highest BCUT2D eigenvalue weighted by Gasteiger charge is 2.23. The maximum absolute atomic E-state index is 12.3. The average Bonchev–Trinajstić information content (AvgIpc) is 2.83. The topological polar surface area (TPSA) is 111 Å². The van der Waals surface area contributed by atoms with E-state index < -0.39 is 34.5 Å². The second-order valence-electron chi connectivity index (χ2n) is 5.85. The number of hydrogen-bond donors (Lipinski definition) is 1. The first-order chi connectivity index (χ1) is 12.2. The van der Waals surface area contributed by atoms with Gasteiger partial charge in [0.05, 0.1) is 18.1 Å². The van der Waals surface area contributed by atoms with Crippen LogP contribution in [0.3, 0.4) is 0 Å². The Bertz CT molecular complexity index is 777. The molecule has 0 saturated heterocycles. The number of amides is 1. The van der Waals surface area contributed by atoms with Gasteiger partial charge in [0.15, 0.2) is 17.6 Å². The summed E-state index contributed by atoms with van der Waals surface area (Å²) in [7, 11) is -0.900. The summed E-state index contributed by atoms with van der Waals surface area (Å²) >= 11 is 0. The van der Waals surface area contributed by atoms with Crippen LogP contribution in [0.2, 0.25) is 0 Å². The second-order valence-corrected chi connectivity index (χ2v) is 7.62. The molecule has 0 aromatic heterocycles. The molecule has 1 aliphatic heterocycles. The summed E-state index contributed by atoms with van der Waals surface area (Å²) in [5.74, 6) is -0.454. The van der Waals surface area contributed by atoms with Gasteiger partial charge in [-0.25, -0.2) is 8.42 Å². The lowest BCUT2D eigenvalue weighted by molar-refractivity contribution is -0.156. The fourth-order valence-corrected chi connectivity index (χ4v) is 3.18. The molecule has 1 heterocycles. The van der Waals surface area contributed by atoms with Crippen LogP contribution in [0, 0.1) is 0 Å². The molecule has 10 heteroatoms. The van der Waals surface area contributed by atoms with Gasteiger partial charge >= 0.3 is 5.97 Å². The Morgan fingerprint density at radius 3 is 2.54 bits per heavy atom. The molecule has 0 spiro atoms. The predicted octanol–water partition coefficient (Wildman–Crippen LogP) is 0.146. The van der Waals surface area contributed by atoms with E-state index in [1.165, 1.54) is 44.1 Å². The Labute approximate surface area is 152 Å². The van der Waals surface area contributed by atoms with Crippen LogP contribution in [-0.2, 0) is 24.3 Å². The maximum Gasteiger partial charge on any atom is 0.321 e. The Balaban J connectivity index is 1.99. The van der Waals surface area contributed by atoms with Crippen molar-refractivity contribution >= 4 is 21.9 Å². The number of carbonyl (C=O) groups excluding carboxylic acids is 2. The molecule has 1 aromatic rings. The standard InChI is InChI=1S/C16H22N2O7S/c1-11(16(20)18(2)3)25-15(19)10-17-26(21,22)12-5-6-13-14(9-12)24-8-4-7-23-13/h5-6,9,11,17H,4,7-8,10H2,1-3H3. The molecule has 0 bridgehead atoms. The van der Waals surface area contributed by atoms with Gasteiger partial charge in [0, 0.05) is 26.6 Å². The molecule has 1 amide bonds. The smallest absolute Gasteiger partial charge is 0.321 e. The van der Waals surface area contributed by atoms with E-state index in [0.29, 0.717) is 31.1 Å². The van der Waals surface area contributed by atoms with Crippen LogP contribution in [-0.4, -0.2) is 65.2 Å². The van der Waals surface area contributed by atoms with Crippen molar-refractivity contribution in [1.82, 2.24) is 9.62 Å². The van der Waals surface area contributed by atoms with E-state index in [-0.39, 0.29) is 4.90 Å². The largest absolute Gasteiger partial charge is 0.490 e. The molecular weight excluding hydrogens is 364 g/mol. The zero-order valence-corrected chi connectivity index (χ0v) is 15.7. The lowest BCUT2D eigenvalue weighted by atomic mass is 10.3. The van der Waals surface area contributed by atoms with Gasteiger partial charge in [-0.2, -0.15) is 4.72 Å². The molecule has 26 heavy (non-hydrogen) atoms. The van der Waals surface area contributed by atoms with E-state index in [4.69, 9.17) is 14.2 Å². The third kappa shape index (κ3) is 5.09. The van der Waals surface area contributed by atoms with E-state index in [1.54, 1.807) is 0 Å². The van der Waals surface area contributed by atoms with Crippen LogP contribution in [0.15, 0.2) is 23.1 Å². The van der Waals surface area contributed by atoms with Crippen molar-refractivity contribution in [3.63, 3.8) is 0 Å². The van der Waals surface area contributed by atoms with Crippen LogP contribution in [0.25, 0.3) is 0 Å². The van der Waals surface area contributed by atoms with Gasteiger partial charge in [0.2, 0.25) is 10.0 Å². The molecule has 0 saturated carbocycles. The van der Waals surface area contributed by atoms with Crippen molar-refractivity contribution in [1.29, 1.82) is 0 Å². The minimum Gasteiger partial charge on any atom is -0.490 e. The quantitative estimate of drug-likeness (QED) is 0.693. The van der Waals surface area contributed by atoms with Crippen molar-refractivity contribution in [2.45, 2.75) is 24.3 Å². The zero-order chi connectivity index (χ0) is 19.3. The molecule has 1 unspecified atom stereocenters. The molecule has 0 aliphatic carbocycles. The first-order valence-corrected chi connectivity index (χ1v) is 9.49. The van der Waals surface area contributed by atoms with Gasteiger partial charge < -0.3 is 19.1 Å². The number of hydrogen-bond acceptors (Lipinski definition) is 7. The first-order valence-electron chi connectivity index (χ1n) is 8.00. The predicted molar refractivity (Wildman–Crippen MR) is 91.5 cm³/mol. The molecule has 0 fully saturated rings. The Morgan fingerprint density at radius 1 is 1.23 bits per heavy atom. The lowest BCUT2D eigenvalue weighted by Crippen LogP contribution is -2.38. The second kappa shape index (κ2) is 8.37. The number of carbonyl (C=O) groups is 2. The van der Waals surface area contributed by atoms with Gasteiger partial charge in [0.25, 0.3) is 5.91 Å². The van der Waals surface area contributed by atoms with Crippen LogP contribution in [0.5, 0.6) is 11.5 Å². The van der Waals surface area contributed by atoms with Crippen molar-refractivity contribution in [2.24, 2.45) is 0 Å². The number of esters is 1. The van der Waals surface area contributed by atoms with E-state index in [1.807, 2.05) is 0 Å². The van der Waals surface area contributed by atoms with Crippen LogP contribution in [0.1, 0.15) is 13.3 Å². The Kier molecular flexibility index (Phi) is 6.43. The van der Waals surface area contributed by atoms with Crippen molar-refractivity contribution < 1.29 is 32.2 Å². The number of rotatable bonds is 6. The van der Waals surface area contributed by atoms with E-state index in [9.17, 15) is 18.0 Å². The van der Waals surface area contributed by atoms with E-state index in [0.717, 1.165) is 0 Å². The highest BCUT2D eigenvalue weighted by atomic mass is 32.2. The Morgan fingerprint density at radius 2 is 1.88 bits per heavy atom. The highest BCUT2D eigenvalue weighted by Crippen LogP contribution is 2.31. The monoisotopic (exact) mass is 386 g/mol.